The number of carbonyl (C=O) groups excluding carboxylic acids is 1. The molecule has 0 amide bonds. The smallest absolute Gasteiger partial charge is 0.235 e. The van der Waals surface area contributed by atoms with Crippen molar-refractivity contribution in [3.05, 3.63) is 17.8 Å². The van der Waals surface area contributed by atoms with Crippen molar-refractivity contribution in [3.8, 4) is 11.6 Å². The van der Waals surface area contributed by atoms with Crippen LogP contribution in [-0.2, 0) is 11.3 Å². The molecule has 0 radical (unpaired) electrons. The van der Waals surface area contributed by atoms with Crippen LogP contribution in [0, 0.1) is 0 Å². The van der Waals surface area contributed by atoms with Crippen molar-refractivity contribution >= 4 is 6.08 Å². The second-order valence-corrected chi connectivity index (χ2v) is 2.41. The van der Waals surface area contributed by atoms with Gasteiger partial charge in [-0.05, 0) is 6.07 Å². The molecule has 0 aliphatic heterocycles. The van der Waals surface area contributed by atoms with E-state index >= 15 is 0 Å². The predicted octanol–water partition coefficient (Wildman–Crippen LogP) is 0.935. The number of rotatable bonds is 4. The molecule has 1 aromatic rings. The lowest BCUT2D eigenvalue weighted by Gasteiger charge is -2.08. The molecule has 0 atom stereocenters. The Morgan fingerprint density at radius 2 is 2.29 bits per heavy atom. The quantitative estimate of drug-likeness (QED) is 0.528. The lowest BCUT2D eigenvalue weighted by atomic mass is 10.2. The van der Waals surface area contributed by atoms with E-state index in [9.17, 15) is 4.79 Å². The van der Waals surface area contributed by atoms with Gasteiger partial charge in [-0.2, -0.15) is 0 Å². The minimum Gasteiger partial charge on any atom is -0.496 e. The van der Waals surface area contributed by atoms with Gasteiger partial charge in [0, 0.05) is 6.20 Å². The minimum absolute atomic E-state index is 0.156. The Balaban J connectivity index is 3.11. The van der Waals surface area contributed by atoms with E-state index in [2.05, 4.69) is 9.98 Å². The first kappa shape index (κ1) is 10.2. The molecule has 0 aromatic carbocycles. The van der Waals surface area contributed by atoms with Gasteiger partial charge in [0.15, 0.2) is 0 Å². The monoisotopic (exact) mass is 194 g/mol. The molecule has 1 rings (SSSR count). The fraction of sp³-hybridized carbons (Fsp3) is 0.333. The SMILES string of the molecule is COc1ccnc(OC)c1CN=C=O. The Kier molecular flexibility index (Phi) is 3.64. The molecule has 0 bridgehead atoms. The van der Waals surface area contributed by atoms with Crippen LogP contribution < -0.4 is 9.47 Å². The summed E-state index contributed by atoms with van der Waals surface area (Å²) in [6.07, 6.45) is 3.02. The topological polar surface area (TPSA) is 60.8 Å². The van der Waals surface area contributed by atoms with E-state index in [1.54, 1.807) is 12.3 Å². The number of methoxy groups -OCH3 is 2. The van der Waals surface area contributed by atoms with Crippen LogP contribution in [0.15, 0.2) is 17.3 Å². The first-order valence-electron chi connectivity index (χ1n) is 3.93. The first-order valence-corrected chi connectivity index (χ1v) is 3.93. The van der Waals surface area contributed by atoms with Gasteiger partial charge >= 0.3 is 0 Å². The van der Waals surface area contributed by atoms with Gasteiger partial charge in [-0.25, -0.2) is 14.8 Å². The molecular weight excluding hydrogens is 184 g/mol. The van der Waals surface area contributed by atoms with Gasteiger partial charge in [-0.15, -0.1) is 0 Å². The summed E-state index contributed by atoms with van der Waals surface area (Å²) >= 11 is 0. The summed E-state index contributed by atoms with van der Waals surface area (Å²) in [6, 6.07) is 1.68. The molecule has 0 aliphatic rings. The Morgan fingerprint density at radius 3 is 2.86 bits per heavy atom. The summed E-state index contributed by atoms with van der Waals surface area (Å²) in [5.41, 5.74) is 0.640. The number of ether oxygens (including phenoxy) is 2. The van der Waals surface area contributed by atoms with Crippen LogP contribution in [0.25, 0.3) is 0 Å². The Labute approximate surface area is 81.4 Å². The normalized spacial score (nSPS) is 9.00. The summed E-state index contributed by atoms with van der Waals surface area (Å²) in [6.45, 7) is 0.156. The third-order valence-electron chi connectivity index (χ3n) is 1.69. The molecule has 74 valence electrons. The second kappa shape index (κ2) is 4.99. The minimum atomic E-state index is 0.156. The van der Waals surface area contributed by atoms with Gasteiger partial charge in [0.2, 0.25) is 12.0 Å². The Hall–Kier alpha value is -1.87. The van der Waals surface area contributed by atoms with E-state index < -0.39 is 0 Å². The number of aliphatic imine (C=N–C) groups is 1. The standard InChI is InChI=1S/C9H10N2O3/c1-13-8-3-4-11-9(14-2)7(8)5-10-6-12/h3-4H,5H2,1-2H3. The third-order valence-corrected chi connectivity index (χ3v) is 1.69. The van der Waals surface area contributed by atoms with Crippen LogP contribution in [0.4, 0.5) is 0 Å². The van der Waals surface area contributed by atoms with Crippen molar-refractivity contribution in [1.82, 2.24) is 4.98 Å². The fourth-order valence-electron chi connectivity index (χ4n) is 1.08. The summed E-state index contributed by atoms with van der Waals surface area (Å²) < 4.78 is 10.1. The van der Waals surface area contributed by atoms with Crippen LogP contribution in [0.3, 0.4) is 0 Å². The van der Waals surface area contributed by atoms with E-state index in [1.807, 2.05) is 0 Å². The zero-order valence-corrected chi connectivity index (χ0v) is 7.98. The van der Waals surface area contributed by atoms with Crippen molar-refractivity contribution in [2.75, 3.05) is 14.2 Å². The molecule has 0 spiro atoms. The molecule has 0 fully saturated rings. The molecule has 0 unspecified atom stereocenters. The zero-order valence-electron chi connectivity index (χ0n) is 7.98. The zero-order chi connectivity index (χ0) is 10.4. The molecule has 0 saturated heterocycles. The van der Waals surface area contributed by atoms with E-state index in [0.29, 0.717) is 17.2 Å². The summed E-state index contributed by atoms with van der Waals surface area (Å²) in [5, 5.41) is 0. The van der Waals surface area contributed by atoms with Gasteiger partial charge in [-0.1, -0.05) is 0 Å². The number of pyridine rings is 1. The Morgan fingerprint density at radius 1 is 1.50 bits per heavy atom. The highest BCUT2D eigenvalue weighted by Crippen LogP contribution is 2.26. The predicted molar refractivity (Wildman–Crippen MR) is 49.2 cm³/mol. The van der Waals surface area contributed by atoms with Gasteiger partial charge < -0.3 is 9.47 Å². The number of isocyanates is 1. The molecule has 5 nitrogen and oxygen atoms in total. The maximum absolute atomic E-state index is 9.98. The second-order valence-electron chi connectivity index (χ2n) is 2.41. The number of nitrogens with zero attached hydrogens (tertiary/aromatic N) is 2. The van der Waals surface area contributed by atoms with Gasteiger partial charge in [-0.3, -0.25) is 0 Å². The largest absolute Gasteiger partial charge is 0.496 e. The molecule has 1 aromatic heterocycles. The number of hydrogen-bond donors (Lipinski definition) is 0. The molecule has 5 heteroatoms. The molecule has 1 heterocycles. The van der Waals surface area contributed by atoms with Crippen LogP contribution in [0.2, 0.25) is 0 Å². The van der Waals surface area contributed by atoms with E-state index in [-0.39, 0.29) is 6.54 Å². The fourth-order valence-corrected chi connectivity index (χ4v) is 1.08. The van der Waals surface area contributed by atoms with Crippen molar-refractivity contribution in [3.63, 3.8) is 0 Å². The van der Waals surface area contributed by atoms with Crippen LogP contribution in [0.5, 0.6) is 11.6 Å². The van der Waals surface area contributed by atoms with E-state index in [1.165, 1.54) is 20.3 Å². The molecule has 0 aliphatic carbocycles. The van der Waals surface area contributed by atoms with Crippen LogP contribution in [0.1, 0.15) is 5.56 Å². The highest BCUT2D eigenvalue weighted by atomic mass is 16.5. The lowest BCUT2D eigenvalue weighted by Crippen LogP contribution is -1.97. The van der Waals surface area contributed by atoms with Crippen LogP contribution >= 0.6 is 0 Å². The average molecular weight is 194 g/mol. The van der Waals surface area contributed by atoms with Crippen molar-refractivity contribution in [2.45, 2.75) is 6.54 Å². The first-order chi connectivity index (χ1) is 6.83. The van der Waals surface area contributed by atoms with Gasteiger partial charge in [0.1, 0.15) is 5.75 Å². The van der Waals surface area contributed by atoms with Gasteiger partial charge in [0.05, 0.1) is 26.3 Å². The maximum Gasteiger partial charge on any atom is 0.235 e. The summed E-state index contributed by atoms with van der Waals surface area (Å²) in [5.74, 6) is 0.999. The van der Waals surface area contributed by atoms with Crippen molar-refractivity contribution in [1.29, 1.82) is 0 Å². The van der Waals surface area contributed by atoms with Crippen molar-refractivity contribution in [2.24, 2.45) is 4.99 Å². The number of hydrogen-bond acceptors (Lipinski definition) is 5. The van der Waals surface area contributed by atoms with E-state index in [0.717, 1.165) is 0 Å². The maximum atomic E-state index is 9.98. The van der Waals surface area contributed by atoms with Crippen molar-refractivity contribution < 1.29 is 14.3 Å². The average Bonchev–Trinajstić information content (AvgIpc) is 2.25. The van der Waals surface area contributed by atoms with Gasteiger partial charge in [0.25, 0.3) is 0 Å². The highest BCUT2D eigenvalue weighted by molar-refractivity contribution is 5.41. The van der Waals surface area contributed by atoms with E-state index in [4.69, 9.17) is 9.47 Å². The molecular formula is C9H10N2O3. The molecule has 0 N–H and O–H groups in total. The summed E-state index contributed by atoms with van der Waals surface area (Å²) in [4.78, 5) is 17.4. The third kappa shape index (κ3) is 2.08. The molecule has 14 heavy (non-hydrogen) atoms. The lowest BCUT2D eigenvalue weighted by molar-refractivity contribution is 0.373. The highest BCUT2D eigenvalue weighted by Gasteiger charge is 2.09. The number of aromatic nitrogens is 1. The Bertz CT molecular complexity index is 337. The van der Waals surface area contributed by atoms with Crippen LogP contribution in [-0.4, -0.2) is 25.3 Å². The summed E-state index contributed by atoms with van der Waals surface area (Å²) in [7, 11) is 3.03. The molecule has 0 saturated carbocycles.